The molecule has 0 bridgehead atoms. The van der Waals surface area contributed by atoms with Gasteiger partial charge in [-0.3, -0.25) is 9.48 Å². The lowest BCUT2D eigenvalue weighted by molar-refractivity contribution is -0.0438. The third-order valence-electron chi connectivity index (χ3n) is 5.32. The van der Waals surface area contributed by atoms with E-state index in [4.69, 9.17) is 0 Å². The molecule has 11 heteroatoms. The summed E-state index contributed by atoms with van der Waals surface area (Å²) in [6, 6.07) is 11.4. The highest BCUT2D eigenvalue weighted by Gasteiger charge is 2.49. The van der Waals surface area contributed by atoms with Crippen LogP contribution in [0, 0.1) is 0 Å². The Morgan fingerprint density at radius 1 is 1.16 bits per heavy atom. The Labute approximate surface area is 182 Å². The number of aromatic nitrogens is 3. The fourth-order valence-corrected chi connectivity index (χ4v) is 4.65. The quantitative estimate of drug-likeness (QED) is 0.625. The van der Waals surface area contributed by atoms with Gasteiger partial charge < -0.3 is 5.32 Å². The lowest BCUT2D eigenvalue weighted by Crippen LogP contribution is -2.33. The van der Waals surface area contributed by atoms with Gasteiger partial charge in [-0.25, -0.2) is 13.4 Å². The topological polar surface area (TPSA) is 93.9 Å². The molecule has 0 saturated carbocycles. The molecule has 7 nitrogen and oxygen atoms in total. The van der Waals surface area contributed by atoms with Gasteiger partial charge in [-0.05, 0) is 37.0 Å². The number of fused-ring (bicyclic) bond motifs is 1. The second kappa shape index (κ2) is 8.38. The van der Waals surface area contributed by atoms with Gasteiger partial charge in [0, 0.05) is 17.5 Å². The zero-order chi connectivity index (χ0) is 22.9. The van der Waals surface area contributed by atoms with Crippen LogP contribution in [-0.2, 0) is 22.8 Å². The van der Waals surface area contributed by atoms with E-state index >= 15 is 0 Å². The van der Waals surface area contributed by atoms with Crippen LogP contribution in [0.2, 0.25) is 0 Å². The van der Waals surface area contributed by atoms with Crippen LogP contribution < -0.4 is 5.32 Å². The van der Waals surface area contributed by atoms with Crippen LogP contribution in [0.1, 0.15) is 46.1 Å². The maximum Gasteiger partial charge on any atom is 0.503 e. The van der Waals surface area contributed by atoms with E-state index in [1.807, 2.05) is 35.0 Å². The highest BCUT2D eigenvalue weighted by atomic mass is 32.2. The monoisotopic (exact) mass is 464 g/mol. The second-order valence-corrected chi connectivity index (χ2v) is 9.27. The number of nitrogens with zero attached hydrogens (tertiary/aromatic N) is 3. The number of alkyl halides is 3. The van der Waals surface area contributed by atoms with Crippen molar-refractivity contribution in [3.63, 3.8) is 0 Å². The molecule has 1 amide bonds. The molecule has 1 N–H and O–H groups in total. The van der Waals surface area contributed by atoms with Crippen LogP contribution in [0.25, 0.3) is 0 Å². The number of carbonyl (C=O) groups excluding carboxylic acids is 1. The van der Waals surface area contributed by atoms with Crippen LogP contribution in [0.4, 0.5) is 13.2 Å². The summed E-state index contributed by atoms with van der Waals surface area (Å²) in [5.41, 5.74) is -3.45. The summed E-state index contributed by atoms with van der Waals surface area (Å²) in [7, 11) is -5.77. The van der Waals surface area contributed by atoms with Gasteiger partial charge in [-0.15, -0.1) is 0 Å². The predicted octanol–water partition coefficient (Wildman–Crippen LogP) is 3.43. The summed E-state index contributed by atoms with van der Waals surface area (Å²) in [5.74, 6) is -0.936. The number of rotatable bonds is 5. The number of sulfone groups is 1. The Morgan fingerprint density at radius 2 is 1.91 bits per heavy atom. The fraction of sp³-hybridized carbons (Fsp3) is 0.286. The molecular weight excluding hydrogens is 445 g/mol. The van der Waals surface area contributed by atoms with E-state index in [0.717, 1.165) is 41.9 Å². The molecule has 0 spiro atoms. The number of amides is 1. The van der Waals surface area contributed by atoms with E-state index in [1.54, 1.807) is 6.20 Å². The van der Waals surface area contributed by atoms with Crippen LogP contribution in [0.5, 0.6) is 0 Å². The van der Waals surface area contributed by atoms with Crippen molar-refractivity contribution in [1.29, 1.82) is 0 Å². The molecule has 1 aliphatic carbocycles. The summed E-state index contributed by atoms with van der Waals surface area (Å²) in [4.78, 5) is 16.1. The molecule has 0 radical (unpaired) electrons. The zero-order valence-corrected chi connectivity index (χ0v) is 17.5. The zero-order valence-electron chi connectivity index (χ0n) is 16.7. The maximum absolute atomic E-state index is 13.0. The fourth-order valence-electron chi connectivity index (χ4n) is 3.78. The van der Waals surface area contributed by atoms with Crippen molar-refractivity contribution in [2.75, 3.05) is 0 Å². The summed E-state index contributed by atoms with van der Waals surface area (Å²) in [6.45, 7) is 0.549. The molecule has 1 aromatic carbocycles. The lowest BCUT2D eigenvalue weighted by atomic mass is 9.92. The Hall–Kier alpha value is -3.21. The van der Waals surface area contributed by atoms with E-state index < -0.39 is 37.9 Å². The van der Waals surface area contributed by atoms with Crippen molar-refractivity contribution in [2.24, 2.45) is 0 Å². The number of nitrogens with one attached hydrogen (secondary N) is 1. The smallest absolute Gasteiger partial charge is 0.345 e. The first-order chi connectivity index (χ1) is 15.2. The molecule has 32 heavy (non-hydrogen) atoms. The number of carbonyl (C=O) groups is 1. The van der Waals surface area contributed by atoms with Crippen molar-refractivity contribution >= 4 is 15.7 Å². The molecule has 0 aliphatic heterocycles. The molecule has 0 fully saturated rings. The lowest BCUT2D eigenvalue weighted by Gasteiger charge is -2.24. The average molecular weight is 464 g/mol. The van der Waals surface area contributed by atoms with E-state index in [-0.39, 0.29) is 0 Å². The summed E-state index contributed by atoms with van der Waals surface area (Å²) in [5, 5.41) is 5.78. The molecule has 1 atom stereocenters. The predicted molar refractivity (Wildman–Crippen MR) is 108 cm³/mol. The first-order valence-electron chi connectivity index (χ1n) is 9.84. The molecule has 168 valence electrons. The molecule has 3 aromatic rings. The normalized spacial score (nSPS) is 16.4. The third kappa shape index (κ3) is 4.12. The minimum Gasteiger partial charge on any atom is -0.345 e. The Balaban J connectivity index is 1.60. The van der Waals surface area contributed by atoms with E-state index in [2.05, 4.69) is 15.4 Å². The summed E-state index contributed by atoms with van der Waals surface area (Å²) < 4.78 is 64.7. The van der Waals surface area contributed by atoms with E-state index in [9.17, 15) is 26.4 Å². The number of pyridine rings is 1. The van der Waals surface area contributed by atoms with Crippen molar-refractivity contribution < 1.29 is 26.4 Å². The van der Waals surface area contributed by atoms with Gasteiger partial charge in [0.1, 0.15) is 0 Å². The van der Waals surface area contributed by atoms with Crippen LogP contribution in [0.15, 0.2) is 59.9 Å². The summed E-state index contributed by atoms with van der Waals surface area (Å²) >= 11 is 0. The average Bonchev–Trinajstić information content (AvgIpc) is 3.17. The first-order valence-corrected chi connectivity index (χ1v) is 11.3. The summed E-state index contributed by atoms with van der Waals surface area (Å²) in [6.07, 6.45) is 4.58. The molecule has 4 rings (SSSR count). The van der Waals surface area contributed by atoms with E-state index in [0.29, 0.717) is 13.0 Å². The third-order valence-corrected chi connectivity index (χ3v) is 6.76. The maximum atomic E-state index is 13.0. The van der Waals surface area contributed by atoms with Gasteiger partial charge in [0.15, 0.2) is 5.03 Å². The molecular formula is C21H19F3N4O3S. The highest BCUT2D eigenvalue weighted by Crippen LogP contribution is 2.33. The largest absolute Gasteiger partial charge is 0.503 e. The van der Waals surface area contributed by atoms with E-state index in [1.165, 1.54) is 6.07 Å². The number of hydrogen-bond donors (Lipinski definition) is 1. The van der Waals surface area contributed by atoms with Gasteiger partial charge in [0.25, 0.3) is 15.7 Å². The Morgan fingerprint density at radius 3 is 2.62 bits per heavy atom. The molecule has 1 aliphatic rings. The molecule has 1 unspecified atom stereocenters. The van der Waals surface area contributed by atoms with Gasteiger partial charge >= 0.3 is 5.51 Å². The molecule has 2 aromatic heterocycles. The number of benzene rings is 1. The van der Waals surface area contributed by atoms with Crippen molar-refractivity contribution in [1.82, 2.24) is 20.1 Å². The van der Waals surface area contributed by atoms with Gasteiger partial charge in [0.2, 0.25) is 0 Å². The standard InChI is InChI=1S/C21H19F3N4O3S/c22-21(23,24)32(30,31)20-15(8-5-11-25-20)19(29)27-17-9-4-10-18-16(17)12-26-28(18)13-14-6-2-1-3-7-14/h1-3,5-8,11-12,17H,4,9-10,13H2,(H,27,29). The van der Waals surface area contributed by atoms with Gasteiger partial charge in [-0.1, -0.05) is 30.3 Å². The van der Waals surface area contributed by atoms with Crippen molar-refractivity contribution in [2.45, 2.75) is 42.4 Å². The van der Waals surface area contributed by atoms with Crippen molar-refractivity contribution in [3.8, 4) is 0 Å². The molecule has 0 saturated heterocycles. The van der Waals surface area contributed by atoms with Crippen LogP contribution >= 0.6 is 0 Å². The minimum absolute atomic E-state index is 0.502. The van der Waals surface area contributed by atoms with Gasteiger partial charge in [0.05, 0.1) is 24.3 Å². The molecule has 2 heterocycles. The Bertz CT molecular complexity index is 1240. The highest BCUT2D eigenvalue weighted by molar-refractivity contribution is 7.92. The van der Waals surface area contributed by atoms with Gasteiger partial charge in [-0.2, -0.15) is 18.3 Å². The number of hydrogen-bond acceptors (Lipinski definition) is 5. The Kier molecular flexibility index (Phi) is 5.76. The second-order valence-electron chi connectivity index (χ2n) is 7.41. The SMILES string of the molecule is O=C(NC1CCCc2c1cnn2Cc1ccccc1)c1cccnc1S(=O)(=O)C(F)(F)F. The van der Waals surface area contributed by atoms with Crippen LogP contribution in [-0.4, -0.2) is 34.6 Å². The minimum atomic E-state index is -5.77. The van der Waals surface area contributed by atoms with Crippen molar-refractivity contribution in [3.05, 3.63) is 77.2 Å². The first kappa shape index (κ1) is 22.0. The number of halogens is 3. The van der Waals surface area contributed by atoms with Crippen LogP contribution in [0.3, 0.4) is 0 Å².